The average molecular weight is 509 g/mol. The minimum Gasteiger partial charge on any atom is -0.352 e. The Hall–Kier alpha value is -2.76. The van der Waals surface area contributed by atoms with Crippen LogP contribution in [-0.4, -0.2) is 34.6 Å². The molecular formula is C29H33ClN2O2S. The molecule has 1 N–H and O–H groups in total. The van der Waals surface area contributed by atoms with E-state index < -0.39 is 6.04 Å². The topological polar surface area (TPSA) is 49.4 Å². The van der Waals surface area contributed by atoms with Crippen LogP contribution in [0.1, 0.15) is 36.1 Å². The lowest BCUT2D eigenvalue weighted by molar-refractivity contribution is -0.139. The number of aryl methyl sites for hydroxylation is 1. The maximum absolute atomic E-state index is 13.6. The highest BCUT2D eigenvalue weighted by atomic mass is 35.5. The maximum Gasteiger partial charge on any atom is 0.243 e. The van der Waals surface area contributed by atoms with Gasteiger partial charge >= 0.3 is 0 Å². The van der Waals surface area contributed by atoms with Gasteiger partial charge in [0.2, 0.25) is 11.8 Å². The molecule has 3 aromatic carbocycles. The van der Waals surface area contributed by atoms with Crippen molar-refractivity contribution in [3.05, 3.63) is 106 Å². The Labute approximate surface area is 218 Å². The third kappa shape index (κ3) is 8.44. The molecule has 35 heavy (non-hydrogen) atoms. The summed E-state index contributed by atoms with van der Waals surface area (Å²) in [4.78, 5) is 28.7. The fraction of sp³-hybridized carbons (Fsp3) is 0.310. The van der Waals surface area contributed by atoms with Gasteiger partial charge in [0.25, 0.3) is 0 Å². The fourth-order valence-corrected chi connectivity index (χ4v) is 5.08. The van der Waals surface area contributed by atoms with Gasteiger partial charge in [0.1, 0.15) is 6.04 Å². The van der Waals surface area contributed by atoms with Crippen molar-refractivity contribution in [3.8, 4) is 0 Å². The molecule has 0 aliphatic rings. The second-order valence-corrected chi connectivity index (χ2v) is 10.4. The number of carbonyl (C=O) groups is 2. The Balaban J connectivity index is 1.85. The number of thioether (sulfide) groups is 1. The van der Waals surface area contributed by atoms with Gasteiger partial charge in [0.15, 0.2) is 0 Å². The molecule has 0 aromatic heterocycles. The minimum absolute atomic E-state index is 0.0220. The van der Waals surface area contributed by atoms with Crippen LogP contribution in [0.4, 0.5) is 0 Å². The van der Waals surface area contributed by atoms with Gasteiger partial charge in [-0.2, -0.15) is 0 Å². The summed E-state index contributed by atoms with van der Waals surface area (Å²) in [7, 11) is 0. The number of nitrogens with one attached hydrogen (secondary N) is 1. The van der Waals surface area contributed by atoms with Crippen LogP contribution in [0.25, 0.3) is 0 Å². The third-order valence-corrected chi connectivity index (χ3v) is 6.91. The molecule has 0 aliphatic carbocycles. The molecule has 2 amide bonds. The Kier molecular flexibility index (Phi) is 10.2. The quantitative estimate of drug-likeness (QED) is 0.343. The second-order valence-electron chi connectivity index (χ2n) is 8.96. The predicted molar refractivity (Wildman–Crippen MR) is 147 cm³/mol. The molecule has 0 radical (unpaired) electrons. The summed E-state index contributed by atoms with van der Waals surface area (Å²) in [6, 6.07) is 25.0. The molecule has 1 atom stereocenters. The van der Waals surface area contributed by atoms with Crippen molar-refractivity contribution in [1.82, 2.24) is 10.2 Å². The molecule has 4 nitrogen and oxygen atoms in total. The predicted octanol–water partition coefficient (Wildman–Crippen LogP) is 6.05. The first-order valence-corrected chi connectivity index (χ1v) is 13.4. The molecule has 0 unspecified atom stereocenters. The number of halogens is 1. The van der Waals surface area contributed by atoms with Gasteiger partial charge in [-0.25, -0.2) is 0 Å². The first-order chi connectivity index (χ1) is 16.8. The van der Waals surface area contributed by atoms with Gasteiger partial charge in [-0.15, -0.1) is 11.8 Å². The van der Waals surface area contributed by atoms with Crippen LogP contribution in [0.15, 0.2) is 78.9 Å². The normalized spacial score (nSPS) is 11.8. The lowest BCUT2D eigenvalue weighted by Crippen LogP contribution is -2.52. The summed E-state index contributed by atoms with van der Waals surface area (Å²) in [5, 5.41) is 3.72. The van der Waals surface area contributed by atoms with Crippen LogP contribution in [-0.2, 0) is 28.3 Å². The Morgan fingerprint density at radius 2 is 1.63 bits per heavy atom. The van der Waals surface area contributed by atoms with Crippen LogP contribution >= 0.6 is 23.4 Å². The van der Waals surface area contributed by atoms with E-state index in [0.29, 0.717) is 23.7 Å². The number of nitrogens with zero attached hydrogens (tertiary/aromatic N) is 1. The number of amides is 2. The molecule has 0 spiro atoms. The van der Waals surface area contributed by atoms with Crippen molar-refractivity contribution in [3.63, 3.8) is 0 Å². The smallest absolute Gasteiger partial charge is 0.243 e. The summed E-state index contributed by atoms with van der Waals surface area (Å²) in [6.07, 6.45) is 0.451. The zero-order chi connectivity index (χ0) is 25.2. The molecule has 0 heterocycles. The van der Waals surface area contributed by atoms with Gasteiger partial charge in [-0.1, -0.05) is 90.0 Å². The highest BCUT2D eigenvalue weighted by molar-refractivity contribution is 7.99. The van der Waals surface area contributed by atoms with Crippen molar-refractivity contribution in [1.29, 1.82) is 0 Å². The zero-order valence-electron chi connectivity index (χ0n) is 20.5. The van der Waals surface area contributed by atoms with E-state index in [9.17, 15) is 9.59 Å². The number of carbonyl (C=O) groups excluding carboxylic acids is 2. The molecule has 3 rings (SSSR count). The Morgan fingerprint density at radius 1 is 0.943 bits per heavy atom. The number of benzene rings is 3. The summed E-state index contributed by atoms with van der Waals surface area (Å²) >= 11 is 7.81. The van der Waals surface area contributed by atoms with Crippen molar-refractivity contribution in [2.45, 2.75) is 51.6 Å². The lowest BCUT2D eigenvalue weighted by atomic mass is 10.0. The molecule has 0 aliphatic heterocycles. The number of hydrogen-bond acceptors (Lipinski definition) is 3. The summed E-state index contributed by atoms with van der Waals surface area (Å²) < 4.78 is 0. The molecular weight excluding hydrogens is 476 g/mol. The standard InChI is InChI=1S/C29H33ClN2O2S/c1-21(2)31-29(34)27(17-23-11-5-4-6-12-23)32(18-24-13-9-10-22(3)16-24)28(33)20-35-19-25-14-7-8-15-26(25)30/h4-16,21,27H,17-20H2,1-3H3,(H,31,34)/t27-/m1/s1. The van der Waals surface area contributed by atoms with Gasteiger partial charge < -0.3 is 10.2 Å². The zero-order valence-corrected chi connectivity index (χ0v) is 22.1. The molecule has 0 saturated carbocycles. The Bertz CT molecular complexity index is 1120. The first kappa shape index (κ1) is 26.8. The van der Waals surface area contributed by atoms with E-state index >= 15 is 0 Å². The van der Waals surface area contributed by atoms with Crippen LogP contribution in [0.5, 0.6) is 0 Å². The largest absolute Gasteiger partial charge is 0.352 e. The molecule has 0 saturated heterocycles. The summed E-state index contributed by atoms with van der Waals surface area (Å²) in [5.74, 6) is 0.687. The van der Waals surface area contributed by atoms with E-state index in [4.69, 9.17) is 11.6 Å². The van der Waals surface area contributed by atoms with E-state index in [1.54, 1.807) is 4.90 Å². The molecule has 3 aromatic rings. The van der Waals surface area contributed by atoms with Crippen molar-refractivity contribution in [2.24, 2.45) is 0 Å². The maximum atomic E-state index is 13.6. The van der Waals surface area contributed by atoms with E-state index in [0.717, 1.165) is 22.3 Å². The molecule has 184 valence electrons. The highest BCUT2D eigenvalue weighted by Crippen LogP contribution is 2.22. The van der Waals surface area contributed by atoms with Crippen LogP contribution in [0.2, 0.25) is 5.02 Å². The van der Waals surface area contributed by atoms with E-state index in [1.165, 1.54) is 11.8 Å². The van der Waals surface area contributed by atoms with Crippen LogP contribution < -0.4 is 5.32 Å². The summed E-state index contributed by atoms with van der Waals surface area (Å²) in [6.45, 7) is 6.27. The molecule has 6 heteroatoms. The fourth-order valence-electron chi connectivity index (χ4n) is 3.89. The second kappa shape index (κ2) is 13.4. The molecule has 0 bridgehead atoms. The van der Waals surface area contributed by atoms with Gasteiger partial charge in [-0.05, 0) is 43.5 Å². The van der Waals surface area contributed by atoms with E-state index in [-0.39, 0.29) is 23.6 Å². The summed E-state index contributed by atoms with van der Waals surface area (Å²) in [5.41, 5.74) is 4.14. The third-order valence-electron chi connectivity index (χ3n) is 5.58. The average Bonchev–Trinajstić information content (AvgIpc) is 2.82. The monoisotopic (exact) mass is 508 g/mol. The lowest BCUT2D eigenvalue weighted by Gasteiger charge is -2.32. The van der Waals surface area contributed by atoms with Gasteiger partial charge in [-0.3, -0.25) is 9.59 Å². The van der Waals surface area contributed by atoms with Crippen LogP contribution in [0.3, 0.4) is 0 Å². The molecule has 0 fully saturated rings. The minimum atomic E-state index is -0.617. The van der Waals surface area contributed by atoms with Crippen molar-refractivity contribution >= 4 is 35.2 Å². The van der Waals surface area contributed by atoms with Crippen molar-refractivity contribution < 1.29 is 9.59 Å². The number of hydrogen-bond donors (Lipinski definition) is 1. The van der Waals surface area contributed by atoms with Crippen LogP contribution in [0, 0.1) is 6.92 Å². The van der Waals surface area contributed by atoms with E-state index in [1.807, 2.05) is 93.6 Å². The SMILES string of the molecule is Cc1cccc(CN(C(=O)CSCc2ccccc2Cl)[C@H](Cc2ccccc2)C(=O)NC(C)C)c1. The first-order valence-electron chi connectivity index (χ1n) is 11.8. The van der Waals surface area contributed by atoms with Gasteiger partial charge in [0, 0.05) is 29.8 Å². The van der Waals surface area contributed by atoms with E-state index in [2.05, 4.69) is 11.4 Å². The van der Waals surface area contributed by atoms with Gasteiger partial charge in [0.05, 0.1) is 5.75 Å². The number of rotatable bonds is 11. The highest BCUT2D eigenvalue weighted by Gasteiger charge is 2.30. The Morgan fingerprint density at radius 3 is 2.31 bits per heavy atom. The van der Waals surface area contributed by atoms with Crippen molar-refractivity contribution in [2.75, 3.05) is 5.75 Å².